The fraction of sp³-hybridized carbons (Fsp3) is 0.800. The Morgan fingerprint density at radius 2 is 2.38 bits per heavy atom. The minimum Gasteiger partial charge on any atom is -0.393 e. The lowest BCUT2D eigenvalue weighted by atomic mass is 10.1. The molecule has 1 amide bonds. The number of carbonyl (C=O) groups is 1. The smallest absolute Gasteiger partial charge is 0.230 e. The van der Waals surface area contributed by atoms with Gasteiger partial charge in [0.05, 0.1) is 36.8 Å². The fourth-order valence-corrected chi connectivity index (χ4v) is 1.78. The van der Waals surface area contributed by atoms with Gasteiger partial charge in [-0.1, -0.05) is 19.1 Å². The minimum atomic E-state index is -0.389. The summed E-state index contributed by atoms with van der Waals surface area (Å²) in [6.07, 6.45) is 0.546. The maximum absolute atomic E-state index is 11.7. The molecule has 6 heteroatoms. The number of amides is 1. The molecule has 0 aromatic heterocycles. The Balaban J connectivity index is 2.30. The van der Waals surface area contributed by atoms with Crippen LogP contribution in [-0.2, 0) is 14.3 Å². The topological polar surface area (TPSA) is 73.6 Å². The molecule has 0 spiro atoms. The molecule has 5 nitrogen and oxygen atoms in total. The summed E-state index contributed by atoms with van der Waals surface area (Å²) < 4.78 is 10.6. The number of carbonyl (C=O) groups excluding carboxylic acids is 1. The lowest BCUT2D eigenvalue weighted by Crippen LogP contribution is -2.44. The Kier molecular flexibility index (Phi) is 5.65. The van der Waals surface area contributed by atoms with Crippen LogP contribution in [0.1, 0.15) is 13.3 Å². The van der Waals surface area contributed by atoms with Crippen LogP contribution < -0.4 is 11.1 Å². The zero-order valence-corrected chi connectivity index (χ0v) is 10.2. The lowest BCUT2D eigenvalue weighted by Gasteiger charge is -2.24. The number of nitrogens with one attached hydrogen (secondary N) is 1. The average molecular weight is 246 g/mol. The van der Waals surface area contributed by atoms with Crippen molar-refractivity contribution >= 4 is 23.1 Å². The van der Waals surface area contributed by atoms with Crippen LogP contribution in [0.5, 0.6) is 0 Å². The first-order valence-corrected chi connectivity index (χ1v) is 5.82. The molecule has 1 aliphatic heterocycles. The standard InChI is InChI=1S/C10H18N2O3S/c1-2-8(9(11)16)10(13)12-5-7-6-14-3-4-15-7/h7-8H,2-6H2,1H3,(H2,11,16)(H,12,13). The summed E-state index contributed by atoms with van der Waals surface area (Å²) >= 11 is 4.82. The summed E-state index contributed by atoms with van der Waals surface area (Å²) in [7, 11) is 0. The van der Waals surface area contributed by atoms with Crippen LogP contribution in [0.25, 0.3) is 0 Å². The number of rotatable bonds is 5. The highest BCUT2D eigenvalue weighted by Crippen LogP contribution is 2.04. The number of ether oxygens (including phenoxy) is 2. The average Bonchev–Trinajstić information content (AvgIpc) is 2.28. The van der Waals surface area contributed by atoms with E-state index in [9.17, 15) is 4.79 Å². The van der Waals surface area contributed by atoms with Gasteiger partial charge >= 0.3 is 0 Å². The largest absolute Gasteiger partial charge is 0.393 e. The van der Waals surface area contributed by atoms with E-state index >= 15 is 0 Å². The highest BCUT2D eigenvalue weighted by Gasteiger charge is 2.21. The Bertz CT molecular complexity index is 254. The van der Waals surface area contributed by atoms with E-state index in [2.05, 4.69) is 5.32 Å². The van der Waals surface area contributed by atoms with Crippen LogP contribution in [0.3, 0.4) is 0 Å². The van der Waals surface area contributed by atoms with E-state index in [1.807, 2.05) is 6.92 Å². The lowest BCUT2D eigenvalue weighted by molar-refractivity contribution is -0.125. The minimum absolute atomic E-state index is 0.0680. The van der Waals surface area contributed by atoms with E-state index in [1.54, 1.807) is 0 Å². The van der Waals surface area contributed by atoms with Gasteiger partial charge < -0.3 is 20.5 Å². The number of hydrogen-bond donors (Lipinski definition) is 2. The zero-order valence-electron chi connectivity index (χ0n) is 9.40. The second kappa shape index (κ2) is 6.78. The third-order valence-corrected chi connectivity index (χ3v) is 2.74. The van der Waals surface area contributed by atoms with E-state index in [-0.39, 0.29) is 22.9 Å². The molecule has 92 valence electrons. The highest BCUT2D eigenvalue weighted by molar-refractivity contribution is 7.80. The molecular formula is C10H18N2O3S. The molecule has 0 aliphatic carbocycles. The van der Waals surface area contributed by atoms with Crippen molar-refractivity contribution in [2.45, 2.75) is 19.4 Å². The SMILES string of the molecule is CCC(C(=O)NCC1COCCO1)C(N)=S. The first kappa shape index (κ1) is 13.3. The van der Waals surface area contributed by atoms with Crippen LogP contribution in [0, 0.1) is 5.92 Å². The van der Waals surface area contributed by atoms with Crippen LogP contribution in [0.15, 0.2) is 0 Å². The molecular weight excluding hydrogens is 228 g/mol. The molecule has 1 saturated heterocycles. The van der Waals surface area contributed by atoms with Crippen molar-refractivity contribution in [1.82, 2.24) is 5.32 Å². The maximum Gasteiger partial charge on any atom is 0.230 e. The summed E-state index contributed by atoms with van der Waals surface area (Å²) in [6.45, 7) is 4.04. The fourth-order valence-electron chi connectivity index (χ4n) is 1.51. The predicted octanol–water partition coefficient (Wildman–Crippen LogP) is -0.170. The van der Waals surface area contributed by atoms with E-state index in [0.29, 0.717) is 32.8 Å². The molecule has 0 radical (unpaired) electrons. The molecule has 1 heterocycles. The normalized spacial score (nSPS) is 22.4. The number of hydrogen-bond acceptors (Lipinski definition) is 4. The Morgan fingerprint density at radius 3 is 2.88 bits per heavy atom. The number of thiocarbonyl (C=S) groups is 1. The van der Waals surface area contributed by atoms with Crippen LogP contribution in [0.2, 0.25) is 0 Å². The summed E-state index contributed by atoms with van der Waals surface area (Å²) in [5, 5.41) is 2.77. The third kappa shape index (κ3) is 4.03. The van der Waals surface area contributed by atoms with Gasteiger partial charge in [-0.05, 0) is 6.42 Å². The van der Waals surface area contributed by atoms with Gasteiger partial charge in [0.25, 0.3) is 0 Å². The third-order valence-electron chi connectivity index (χ3n) is 2.46. The van der Waals surface area contributed by atoms with Crippen molar-refractivity contribution in [1.29, 1.82) is 0 Å². The van der Waals surface area contributed by atoms with Gasteiger partial charge in [0.1, 0.15) is 0 Å². The van der Waals surface area contributed by atoms with Crippen molar-refractivity contribution in [2.24, 2.45) is 11.7 Å². The predicted molar refractivity (Wildman–Crippen MR) is 64.1 cm³/mol. The van der Waals surface area contributed by atoms with Gasteiger partial charge in [-0.2, -0.15) is 0 Å². The molecule has 0 aromatic rings. The van der Waals surface area contributed by atoms with Gasteiger partial charge in [0.2, 0.25) is 5.91 Å². The van der Waals surface area contributed by atoms with Crippen LogP contribution in [-0.4, -0.2) is 43.4 Å². The molecule has 1 aliphatic rings. The highest BCUT2D eigenvalue weighted by atomic mass is 32.1. The number of nitrogens with two attached hydrogens (primary N) is 1. The molecule has 2 unspecified atom stereocenters. The van der Waals surface area contributed by atoms with E-state index < -0.39 is 0 Å². The molecule has 3 N–H and O–H groups in total. The van der Waals surface area contributed by atoms with Gasteiger partial charge in [0, 0.05) is 6.54 Å². The van der Waals surface area contributed by atoms with Crippen LogP contribution in [0.4, 0.5) is 0 Å². The van der Waals surface area contributed by atoms with Gasteiger partial charge in [0.15, 0.2) is 0 Å². The first-order valence-electron chi connectivity index (χ1n) is 5.41. The van der Waals surface area contributed by atoms with E-state index in [1.165, 1.54) is 0 Å². The Morgan fingerprint density at radius 1 is 1.62 bits per heavy atom. The summed E-state index contributed by atoms with van der Waals surface area (Å²) in [6, 6.07) is 0. The molecule has 0 saturated carbocycles. The molecule has 0 bridgehead atoms. The molecule has 1 fully saturated rings. The molecule has 0 aromatic carbocycles. The van der Waals surface area contributed by atoms with E-state index in [4.69, 9.17) is 27.4 Å². The van der Waals surface area contributed by atoms with Gasteiger partial charge in [-0.25, -0.2) is 0 Å². The summed E-state index contributed by atoms with van der Waals surface area (Å²) in [5.74, 6) is -0.524. The first-order chi connectivity index (χ1) is 7.65. The molecule has 1 rings (SSSR count). The van der Waals surface area contributed by atoms with Crippen molar-refractivity contribution < 1.29 is 14.3 Å². The summed E-state index contributed by atoms with van der Waals surface area (Å²) in [5.41, 5.74) is 5.47. The van der Waals surface area contributed by atoms with Crippen molar-refractivity contribution in [3.8, 4) is 0 Å². The van der Waals surface area contributed by atoms with Crippen molar-refractivity contribution in [3.63, 3.8) is 0 Å². The van der Waals surface area contributed by atoms with E-state index in [0.717, 1.165) is 0 Å². The maximum atomic E-state index is 11.7. The summed E-state index contributed by atoms with van der Waals surface area (Å²) in [4.78, 5) is 11.9. The van der Waals surface area contributed by atoms with Gasteiger partial charge in [-0.15, -0.1) is 0 Å². The Hall–Kier alpha value is -0.720. The second-order valence-electron chi connectivity index (χ2n) is 3.68. The monoisotopic (exact) mass is 246 g/mol. The molecule has 16 heavy (non-hydrogen) atoms. The quantitative estimate of drug-likeness (QED) is 0.659. The van der Waals surface area contributed by atoms with Gasteiger partial charge in [-0.3, -0.25) is 4.79 Å². The zero-order chi connectivity index (χ0) is 12.0. The van der Waals surface area contributed by atoms with Crippen molar-refractivity contribution in [2.75, 3.05) is 26.4 Å². The second-order valence-corrected chi connectivity index (χ2v) is 4.15. The Labute approximate surface area is 101 Å². The van der Waals surface area contributed by atoms with Crippen molar-refractivity contribution in [3.05, 3.63) is 0 Å². The van der Waals surface area contributed by atoms with Crippen LogP contribution >= 0.6 is 12.2 Å². The molecule has 2 atom stereocenters.